The molecule has 2 fully saturated rings. The number of piperidine rings is 1. The molecule has 2 atom stereocenters. The Balaban J connectivity index is 2.04. The zero-order chi connectivity index (χ0) is 11.2. The van der Waals surface area contributed by atoms with Crippen molar-refractivity contribution in [3.05, 3.63) is 0 Å². The normalized spacial score (nSPS) is 33.1. The van der Waals surface area contributed by atoms with Crippen LogP contribution in [-0.2, 0) is 14.4 Å². The molecule has 6 heteroatoms. The van der Waals surface area contributed by atoms with Gasteiger partial charge in [0.05, 0.1) is 17.8 Å². The number of carboxylic acids is 1. The molecular formula is C9H12N2O4. The average molecular weight is 212 g/mol. The van der Waals surface area contributed by atoms with Crippen LogP contribution >= 0.6 is 0 Å². The lowest BCUT2D eigenvalue weighted by Crippen LogP contribution is -2.37. The number of carbonyl (C=O) groups excluding carboxylic acids is 2. The van der Waals surface area contributed by atoms with E-state index in [1.165, 1.54) is 0 Å². The van der Waals surface area contributed by atoms with Crippen molar-refractivity contribution in [1.29, 1.82) is 0 Å². The van der Waals surface area contributed by atoms with E-state index in [0.717, 1.165) is 4.90 Å². The molecule has 1 aliphatic carbocycles. The lowest BCUT2D eigenvalue weighted by atomic mass is 10.2. The summed E-state index contributed by atoms with van der Waals surface area (Å²) in [6.07, 6.45) is 0.564. The minimum Gasteiger partial charge on any atom is -0.481 e. The molecule has 1 saturated carbocycles. The van der Waals surface area contributed by atoms with Crippen LogP contribution in [0.4, 0.5) is 0 Å². The summed E-state index contributed by atoms with van der Waals surface area (Å²) in [6.45, 7) is 0.724. The molecular weight excluding hydrogens is 200 g/mol. The predicted octanol–water partition coefficient (Wildman–Crippen LogP) is -1.35. The second kappa shape index (κ2) is 3.30. The maximum Gasteiger partial charge on any atom is 0.308 e. The number of aliphatic carboxylic acids is 1. The van der Waals surface area contributed by atoms with Crippen LogP contribution in [0.3, 0.4) is 0 Å². The molecule has 2 amide bonds. The molecule has 2 rings (SSSR count). The van der Waals surface area contributed by atoms with E-state index >= 15 is 0 Å². The van der Waals surface area contributed by atoms with Crippen molar-refractivity contribution in [2.24, 2.45) is 23.5 Å². The third kappa shape index (κ3) is 1.32. The van der Waals surface area contributed by atoms with Gasteiger partial charge in [-0.1, -0.05) is 0 Å². The highest BCUT2D eigenvalue weighted by Crippen LogP contribution is 2.53. The van der Waals surface area contributed by atoms with Crippen LogP contribution in [0.5, 0.6) is 0 Å². The van der Waals surface area contributed by atoms with Crippen molar-refractivity contribution in [1.82, 2.24) is 4.90 Å². The molecule has 15 heavy (non-hydrogen) atoms. The van der Waals surface area contributed by atoms with Gasteiger partial charge in [-0.2, -0.15) is 0 Å². The third-order valence-electron chi connectivity index (χ3n) is 2.99. The van der Waals surface area contributed by atoms with E-state index in [1.807, 2.05) is 0 Å². The van der Waals surface area contributed by atoms with Gasteiger partial charge in [0, 0.05) is 6.54 Å². The molecule has 6 nitrogen and oxygen atoms in total. The number of rotatable bonds is 4. The third-order valence-corrected chi connectivity index (χ3v) is 2.99. The highest BCUT2D eigenvalue weighted by molar-refractivity contribution is 6.13. The lowest BCUT2D eigenvalue weighted by Gasteiger charge is -2.16. The van der Waals surface area contributed by atoms with Gasteiger partial charge in [0.25, 0.3) is 0 Å². The summed E-state index contributed by atoms with van der Waals surface area (Å²) in [5.74, 6) is -3.72. The molecule has 1 aliphatic heterocycles. The van der Waals surface area contributed by atoms with Gasteiger partial charge in [-0.05, 0) is 13.0 Å². The number of hydrogen-bond acceptors (Lipinski definition) is 4. The Kier molecular flexibility index (Phi) is 2.22. The van der Waals surface area contributed by atoms with Gasteiger partial charge in [-0.15, -0.1) is 0 Å². The van der Waals surface area contributed by atoms with E-state index in [0.29, 0.717) is 19.5 Å². The van der Waals surface area contributed by atoms with E-state index < -0.39 is 23.7 Å². The minimum absolute atomic E-state index is 0.313. The van der Waals surface area contributed by atoms with Crippen LogP contribution in [0.15, 0.2) is 0 Å². The van der Waals surface area contributed by atoms with Gasteiger partial charge in [0.1, 0.15) is 0 Å². The van der Waals surface area contributed by atoms with E-state index in [4.69, 9.17) is 10.8 Å². The molecule has 2 unspecified atom stereocenters. The first kappa shape index (κ1) is 10.1. The van der Waals surface area contributed by atoms with E-state index in [2.05, 4.69) is 0 Å². The van der Waals surface area contributed by atoms with Crippen LogP contribution in [0.1, 0.15) is 6.42 Å². The van der Waals surface area contributed by atoms with Crippen molar-refractivity contribution < 1.29 is 19.5 Å². The quantitative estimate of drug-likeness (QED) is 0.561. The zero-order valence-electron chi connectivity index (χ0n) is 8.05. The van der Waals surface area contributed by atoms with E-state index in [1.54, 1.807) is 0 Å². The van der Waals surface area contributed by atoms with Gasteiger partial charge in [-0.3, -0.25) is 19.3 Å². The average Bonchev–Trinajstić information content (AvgIpc) is 2.86. The summed E-state index contributed by atoms with van der Waals surface area (Å²) in [5, 5.41) is 8.71. The summed E-state index contributed by atoms with van der Waals surface area (Å²) in [7, 11) is 0. The first-order chi connectivity index (χ1) is 7.09. The largest absolute Gasteiger partial charge is 0.481 e. The Bertz CT molecular complexity index is 319. The van der Waals surface area contributed by atoms with Crippen LogP contribution in [0, 0.1) is 17.8 Å². The second-order valence-corrected chi connectivity index (χ2v) is 3.89. The number of amides is 2. The smallest absolute Gasteiger partial charge is 0.308 e. The number of nitrogens with zero attached hydrogens (tertiary/aromatic N) is 1. The minimum atomic E-state index is -1.05. The summed E-state index contributed by atoms with van der Waals surface area (Å²) in [6, 6.07) is 0. The predicted molar refractivity (Wildman–Crippen MR) is 48.5 cm³/mol. The molecule has 1 saturated heterocycles. The fraction of sp³-hybridized carbons (Fsp3) is 0.667. The summed E-state index contributed by atoms with van der Waals surface area (Å²) < 4.78 is 0. The number of hydrogen-bond donors (Lipinski definition) is 2. The number of fused-ring (bicyclic) bond motifs is 1. The first-order valence-corrected chi connectivity index (χ1v) is 4.87. The molecule has 0 aromatic rings. The Morgan fingerprint density at radius 2 is 1.87 bits per heavy atom. The van der Waals surface area contributed by atoms with Crippen LogP contribution in [0.25, 0.3) is 0 Å². The number of likely N-dealkylation sites (tertiary alicyclic amines) is 1. The number of carboxylic acid groups (broad SMARTS) is 1. The maximum atomic E-state index is 11.6. The highest BCUT2D eigenvalue weighted by atomic mass is 16.4. The number of nitrogens with two attached hydrogens (primary N) is 1. The molecule has 82 valence electrons. The van der Waals surface area contributed by atoms with Gasteiger partial charge >= 0.3 is 5.97 Å². The number of imide groups is 1. The SMILES string of the molecule is NCCCN1C(=O)C2C(C(=O)O)C2C1=O. The molecule has 0 radical (unpaired) electrons. The zero-order valence-corrected chi connectivity index (χ0v) is 8.05. The second-order valence-electron chi connectivity index (χ2n) is 3.89. The molecule has 1 heterocycles. The van der Waals surface area contributed by atoms with Crippen LogP contribution < -0.4 is 5.73 Å². The molecule has 0 aromatic heterocycles. The Hall–Kier alpha value is -1.43. The van der Waals surface area contributed by atoms with E-state index in [9.17, 15) is 14.4 Å². The van der Waals surface area contributed by atoms with Crippen molar-refractivity contribution in [3.63, 3.8) is 0 Å². The Morgan fingerprint density at radius 1 is 1.33 bits per heavy atom. The molecule has 0 bridgehead atoms. The molecule has 2 aliphatic rings. The molecule has 3 N–H and O–H groups in total. The van der Waals surface area contributed by atoms with E-state index in [-0.39, 0.29) is 11.8 Å². The van der Waals surface area contributed by atoms with Gasteiger partial charge in [0.15, 0.2) is 0 Å². The standard InChI is InChI=1S/C9H12N2O4/c10-2-1-3-11-7(12)4-5(8(11)13)6(4)9(14)15/h4-6H,1-3,10H2,(H,14,15). The fourth-order valence-electron chi connectivity index (χ4n) is 2.17. The van der Waals surface area contributed by atoms with Gasteiger partial charge < -0.3 is 10.8 Å². The summed E-state index contributed by atoms with van der Waals surface area (Å²) in [4.78, 5) is 34.9. The molecule has 0 aromatic carbocycles. The lowest BCUT2D eigenvalue weighted by molar-refractivity contribution is -0.148. The first-order valence-electron chi connectivity index (χ1n) is 4.87. The summed E-state index contributed by atoms with van der Waals surface area (Å²) >= 11 is 0. The maximum absolute atomic E-state index is 11.6. The van der Waals surface area contributed by atoms with Crippen molar-refractivity contribution in [3.8, 4) is 0 Å². The van der Waals surface area contributed by atoms with Crippen molar-refractivity contribution >= 4 is 17.8 Å². The summed E-state index contributed by atoms with van der Waals surface area (Å²) in [5.41, 5.74) is 5.28. The molecule has 0 spiro atoms. The van der Waals surface area contributed by atoms with Crippen LogP contribution in [-0.4, -0.2) is 40.9 Å². The Morgan fingerprint density at radius 3 is 2.27 bits per heavy atom. The monoisotopic (exact) mass is 212 g/mol. The van der Waals surface area contributed by atoms with Gasteiger partial charge in [0.2, 0.25) is 11.8 Å². The fourth-order valence-corrected chi connectivity index (χ4v) is 2.17. The number of carbonyl (C=O) groups is 3. The highest BCUT2D eigenvalue weighted by Gasteiger charge is 2.70. The van der Waals surface area contributed by atoms with Crippen molar-refractivity contribution in [2.45, 2.75) is 6.42 Å². The topological polar surface area (TPSA) is 101 Å². The van der Waals surface area contributed by atoms with Crippen molar-refractivity contribution in [2.75, 3.05) is 13.1 Å². The van der Waals surface area contributed by atoms with Gasteiger partial charge in [-0.25, -0.2) is 0 Å². The Labute approximate surface area is 86.0 Å². The van der Waals surface area contributed by atoms with Crippen LogP contribution in [0.2, 0.25) is 0 Å².